The van der Waals surface area contributed by atoms with Gasteiger partial charge < -0.3 is 10.3 Å². The Morgan fingerprint density at radius 2 is 1.90 bits per heavy atom. The van der Waals surface area contributed by atoms with E-state index >= 15 is 0 Å². The SMILES string of the molecule is CN1C(=O)S/C(=C/c2ccc(Nc3cnc4[nH]cc(C(=O)C(C)(C)C)c4n3)cc2)C1=O. The molecule has 8 nitrogen and oxygen atoms in total. The first-order valence-electron chi connectivity index (χ1n) is 9.61. The third-order valence-electron chi connectivity index (χ3n) is 4.77. The lowest BCUT2D eigenvalue weighted by molar-refractivity contribution is -0.121. The van der Waals surface area contributed by atoms with Crippen molar-refractivity contribution in [3.63, 3.8) is 0 Å². The van der Waals surface area contributed by atoms with Crippen LogP contribution in [0.3, 0.4) is 0 Å². The monoisotopic (exact) mass is 435 g/mol. The van der Waals surface area contributed by atoms with Gasteiger partial charge in [-0.1, -0.05) is 32.9 Å². The molecular formula is C22H21N5O3S. The molecule has 1 saturated heterocycles. The normalized spacial score (nSPS) is 15.9. The summed E-state index contributed by atoms with van der Waals surface area (Å²) in [5.41, 5.74) is 2.64. The largest absolute Gasteiger partial charge is 0.344 e. The molecule has 2 N–H and O–H groups in total. The topological polar surface area (TPSA) is 108 Å². The van der Waals surface area contributed by atoms with Crippen molar-refractivity contribution in [2.24, 2.45) is 5.41 Å². The molecule has 1 aromatic carbocycles. The quantitative estimate of drug-likeness (QED) is 0.455. The summed E-state index contributed by atoms with van der Waals surface area (Å²) in [4.78, 5) is 49.7. The molecule has 1 fully saturated rings. The minimum absolute atomic E-state index is 0.00829. The van der Waals surface area contributed by atoms with Gasteiger partial charge in [-0.05, 0) is 35.5 Å². The minimum Gasteiger partial charge on any atom is -0.344 e. The molecule has 1 aliphatic rings. The number of thioether (sulfide) groups is 1. The van der Waals surface area contributed by atoms with Crippen LogP contribution in [-0.4, -0.2) is 43.8 Å². The Labute approximate surface area is 183 Å². The number of hydrogen-bond donors (Lipinski definition) is 2. The highest BCUT2D eigenvalue weighted by molar-refractivity contribution is 8.18. The van der Waals surface area contributed by atoms with Crippen LogP contribution in [0.5, 0.6) is 0 Å². The van der Waals surface area contributed by atoms with Crippen LogP contribution >= 0.6 is 11.8 Å². The van der Waals surface area contributed by atoms with Crippen LogP contribution in [0, 0.1) is 5.41 Å². The van der Waals surface area contributed by atoms with E-state index in [4.69, 9.17) is 0 Å². The number of aromatic nitrogens is 3. The fourth-order valence-corrected chi connectivity index (χ4v) is 3.86. The number of carbonyl (C=O) groups is 3. The molecule has 4 rings (SSSR count). The predicted molar refractivity (Wildman–Crippen MR) is 121 cm³/mol. The highest BCUT2D eigenvalue weighted by Gasteiger charge is 2.31. The van der Waals surface area contributed by atoms with E-state index in [-0.39, 0.29) is 16.9 Å². The first-order valence-corrected chi connectivity index (χ1v) is 10.4. The number of ketones is 1. The standard InChI is InChI=1S/C22H21N5O3S/c1-22(2,3)18(28)14-10-23-19-17(14)26-16(11-24-19)25-13-7-5-12(6-8-13)9-15-20(29)27(4)21(30)31-15/h5-11H,1-4H3,(H,23,24)(H,25,26)/b15-9+. The van der Waals surface area contributed by atoms with Gasteiger partial charge >= 0.3 is 0 Å². The molecule has 158 valence electrons. The number of likely N-dealkylation sites (N-methyl/N-ethyl adjacent to an activating group) is 1. The van der Waals surface area contributed by atoms with E-state index in [9.17, 15) is 14.4 Å². The van der Waals surface area contributed by atoms with E-state index in [1.165, 1.54) is 7.05 Å². The van der Waals surface area contributed by atoms with Gasteiger partial charge in [0.05, 0.1) is 16.7 Å². The summed E-state index contributed by atoms with van der Waals surface area (Å²) in [6.45, 7) is 5.60. The Morgan fingerprint density at radius 1 is 1.19 bits per heavy atom. The van der Waals surface area contributed by atoms with Gasteiger partial charge in [0.2, 0.25) is 0 Å². The third-order valence-corrected chi connectivity index (χ3v) is 5.73. The molecule has 2 amide bonds. The van der Waals surface area contributed by atoms with E-state index in [0.29, 0.717) is 27.5 Å². The summed E-state index contributed by atoms with van der Waals surface area (Å²) in [6, 6.07) is 7.35. The Kier molecular flexibility index (Phi) is 5.14. The maximum Gasteiger partial charge on any atom is 0.293 e. The Balaban J connectivity index is 1.55. The molecule has 0 bridgehead atoms. The van der Waals surface area contributed by atoms with Gasteiger partial charge in [0, 0.05) is 24.3 Å². The lowest BCUT2D eigenvalue weighted by Crippen LogP contribution is -2.22. The second-order valence-electron chi connectivity index (χ2n) is 8.22. The smallest absolute Gasteiger partial charge is 0.293 e. The number of carbonyl (C=O) groups excluding carboxylic acids is 3. The van der Waals surface area contributed by atoms with E-state index in [0.717, 1.165) is 27.9 Å². The number of rotatable bonds is 4. The second-order valence-corrected chi connectivity index (χ2v) is 9.21. The number of H-pyrrole nitrogens is 1. The summed E-state index contributed by atoms with van der Waals surface area (Å²) in [6.07, 6.45) is 4.93. The first kappa shape index (κ1) is 20.8. The van der Waals surface area contributed by atoms with Crippen molar-refractivity contribution >= 4 is 57.4 Å². The fourth-order valence-electron chi connectivity index (χ4n) is 3.04. The summed E-state index contributed by atoms with van der Waals surface area (Å²) in [5, 5.41) is 2.90. The molecule has 31 heavy (non-hydrogen) atoms. The summed E-state index contributed by atoms with van der Waals surface area (Å²) in [5.74, 6) is 0.203. The van der Waals surface area contributed by atoms with Crippen molar-refractivity contribution in [2.45, 2.75) is 20.8 Å². The molecule has 0 aliphatic carbocycles. The molecule has 0 spiro atoms. The number of nitrogens with one attached hydrogen (secondary N) is 2. The molecule has 0 atom stereocenters. The zero-order chi connectivity index (χ0) is 22.3. The lowest BCUT2D eigenvalue weighted by Gasteiger charge is -2.15. The Morgan fingerprint density at radius 3 is 2.52 bits per heavy atom. The molecule has 9 heteroatoms. The number of imide groups is 1. The number of fused-ring (bicyclic) bond motifs is 1. The van der Waals surface area contributed by atoms with Crippen LogP contribution in [0.25, 0.3) is 17.2 Å². The van der Waals surface area contributed by atoms with Gasteiger partial charge in [0.25, 0.3) is 11.1 Å². The van der Waals surface area contributed by atoms with Gasteiger partial charge in [-0.15, -0.1) is 0 Å². The zero-order valence-corrected chi connectivity index (χ0v) is 18.3. The van der Waals surface area contributed by atoms with Crippen LogP contribution < -0.4 is 5.32 Å². The number of nitrogens with zero attached hydrogens (tertiary/aromatic N) is 3. The second kappa shape index (κ2) is 7.66. The van der Waals surface area contributed by atoms with Crippen molar-refractivity contribution in [1.82, 2.24) is 19.9 Å². The molecule has 3 heterocycles. The lowest BCUT2D eigenvalue weighted by atomic mass is 9.87. The third kappa shape index (κ3) is 4.09. The minimum atomic E-state index is -0.525. The highest BCUT2D eigenvalue weighted by atomic mass is 32.2. The summed E-state index contributed by atoms with van der Waals surface area (Å²) < 4.78 is 0. The van der Waals surface area contributed by atoms with Gasteiger partial charge in [-0.2, -0.15) is 0 Å². The first-order chi connectivity index (χ1) is 14.6. The highest BCUT2D eigenvalue weighted by Crippen LogP contribution is 2.31. The Hall–Kier alpha value is -3.46. The van der Waals surface area contributed by atoms with Crippen molar-refractivity contribution < 1.29 is 14.4 Å². The average molecular weight is 436 g/mol. The van der Waals surface area contributed by atoms with Crippen molar-refractivity contribution in [3.8, 4) is 0 Å². The average Bonchev–Trinajstić information content (AvgIpc) is 3.24. The molecule has 2 aromatic heterocycles. The van der Waals surface area contributed by atoms with Crippen molar-refractivity contribution in [2.75, 3.05) is 12.4 Å². The van der Waals surface area contributed by atoms with Gasteiger partial charge in [-0.3, -0.25) is 19.3 Å². The number of amides is 2. The maximum absolute atomic E-state index is 12.7. The Bertz CT molecular complexity index is 1240. The van der Waals surface area contributed by atoms with Gasteiger partial charge in [0.15, 0.2) is 11.4 Å². The van der Waals surface area contributed by atoms with E-state index < -0.39 is 5.41 Å². The van der Waals surface area contributed by atoms with Crippen LogP contribution in [0.15, 0.2) is 41.6 Å². The van der Waals surface area contributed by atoms with E-state index in [1.54, 1.807) is 18.5 Å². The predicted octanol–water partition coefficient (Wildman–Crippen LogP) is 4.60. The molecule has 3 aromatic rings. The number of anilines is 2. The van der Waals surface area contributed by atoms with Crippen LogP contribution in [0.2, 0.25) is 0 Å². The number of aromatic amines is 1. The molecule has 0 radical (unpaired) electrons. The van der Waals surface area contributed by atoms with E-state index in [2.05, 4.69) is 20.3 Å². The number of Topliss-reactive ketones (excluding diaryl/α,β-unsaturated/α-hetero) is 1. The van der Waals surface area contributed by atoms with Crippen LogP contribution in [-0.2, 0) is 4.79 Å². The van der Waals surface area contributed by atoms with Crippen molar-refractivity contribution in [3.05, 3.63) is 52.7 Å². The van der Waals surface area contributed by atoms with Crippen LogP contribution in [0.4, 0.5) is 16.3 Å². The molecule has 0 unspecified atom stereocenters. The van der Waals surface area contributed by atoms with Gasteiger partial charge in [0.1, 0.15) is 11.3 Å². The maximum atomic E-state index is 12.7. The van der Waals surface area contributed by atoms with Gasteiger partial charge in [-0.25, -0.2) is 9.97 Å². The zero-order valence-electron chi connectivity index (χ0n) is 17.5. The molecule has 0 saturated carbocycles. The van der Waals surface area contributed by atoms with E-state index in [1.807, 2.05) is 45.0 Å². The summed E-state index contributed by atoms with van der Waals surface area (Å²) >= 11 is 0.925. The molecular weight excluding hydrogens is 414 g/mol. The fraction of sp³-hybridized carbons (Fsp3) is 0.227. The van der Waals surface area contributed by atoms with Crippen LogP contribution in [0.1, 0.15) is 36.7 Å². The van der Waals surface area contributed by atoms with Crippen molar-refractivity contribution in [1.29, 1.82) is 0 Å². The number of hydrogen-bond acceptors (Lipinski definition) is 7. The number of benzene rings is 1. The summed E-state index contributed by atoms with van der Waals surface area (Å²) in [7, 11) is 1.47. The molecule has 1 aliphatic heterocycles.